The number of nitrogens with two attached hydrogens (primary N) is 4. The number of Topliss-reactive ketones (excluding diaryl/α,β-unsaturated/α-hetero) is 2. The molecule has 0 aromatic heterocycles. The summed E-state index contributed by atoms with van der Waals surface area (Å²) in [6.07, 6.45) is -0.941. The summed E-state index contributed by atoms with van der Waals surface area (Å²) in [6.45, 7) is 0.310. The van der Waals surface area contributed by atoms with Crippen molar-refractivity contribution >= 4 is 23.5 Å². The summed E-state index contributed by atoms with van der Waals surface area (Å²) < 4.78 is 0. The van der Waals surface area contributed by atoms with Gasteiger partial charge in [0.25, 0.3) is 0 Å². The quantitative estimate of drug-likeness (QED) is 0.201. The molecular formula is C14H26N4O6. The van der Waals surface area contributed by atoms with Crippen molar-refractivity contribution in [3.8, 4) is 0 Å². The van der Waals surface area contributed by atoms with Crippen molar-refractivity contribution in [1.29, 1.82) is 0 Å². The molecule has 0 amide bonds. The van der Waals surface area contributed by atoms with Gasteiger partial charge in [-0.15, -0.1) is 0 Å². The fraction of sp³-hybridized carbons (Fsp3) is 0.714. The van der Waals surface area contributed by atoms with Crippen LogP contribution < -0.4 is 22.9 Å². The lowest BCUT2D eigenvalue weighted by Gasteiger charge is -2.25. The summed E-state index contributed by atoms with van der Waals surface area (Å²) in [5.74, 6) is -4.78. The van der Waals surface area contributed by atoms with Gasteiger partial charge in [0.1, 0.15) is 0 Å². The van der Waals surface area contributed by atoms with E-state index in [-0.39, 0.29) is 38.8 Å². The first-order valence-electron chi connectivity index (χ1n) is 7.57. The highest BCUT2D eigenvalue weighted by Gasteiger charge is 2.44. The Labute approximate surface area is 139 Å². The Balaban J connectivity index is 5.01. The molecule has 138 valence electrons. The molecular weight excluding hydrogens is 320 g/mol. The molecule has 0 rings (SSSR count). The fourth-order valence-corrected chi connectivity index (χ4v) is 2.17. The number of hydrogen-bond acceptors (Lipinski definition) is 8. The summed E-state index contributed by atoms with van der Waals surface area (Å²) in [5, 5.41) is 18.3. The number of ketones is 2. The van der Waals surface area contributed by atoms with E-state index in [0.29, 0.717) is 0 Å². The van der Waals surface area contributed by atoms with Crippen LogP contribution in [0.25, 0.3) is 0 Å². The van der Waals surface area contributed by atoms with Crippen LogP contribution in [0.15, 0.2) is 0 Å². The van der Waals surface area contributed by atoms with Crippen molar-refractivity contribution in [1.82, 2.24) is 0 Å². The Morgan fingerprint density at radius 1 is 0.708 bits per heavy atom. The Morgan fingerprint density at radius 3 is 1.21 bits per heavy atom. The lowest BCUT2D eigenvalue weighted by atomic mass is 9.83. The van der Waals surface area contributed by atoms with E-state index in [1.165, 1.54) is 0 Å². The summed E-state index contributed by atoms with van der Waals surface area (Å²) in [5.41, 5.74) is 17.5. The molecule has 0 saturated heterocycles. The van der Waals surface area contributed by atoms with Gasteiger partial charge in [-0.3, -0.25) is 9.59 Å². The van der Waals surface area contributed by atoms with Crippen molar-refractivity contribution in [2.45, 2.75) is 49.6 Å². The van der Waals surface area contributed by atoms with Crippen LogP contribution in [0.1, 0.15) is 38.5 Å². The third-order valence-electron chi connectivity index (χ3n) is 3.89. The second-order valence-corrected chi connectivity index (χ2v) is 5.68. The molecule has 0 aliphatic rings. The van der Waals surface area contributed by atoms with E-state index >= 15 is 0 Å². The van der Waals surface area contributed by atoms with Gasteiger partial charge in [-0.05, 0) is 38.8 Å². The number of carboxylic acid groups (broad SMARTS) is 2. The highest BCUT2D eigenvalue weighted by atomic mass is 16.4. The molecule has 0 aliphatic carbocycles. The maximum absolute atomic E-state index is 12.1. The minimum Gasteiger partial charge on any atom is -0.480 e. The summed E-state index contributed by atoms with van der Waals surface area (Å²) in [4.78, 5) is 46.8. The highest BCUT2D eigenvalue weighted by molar-refractivity contribution is 6.11. The van der Waals surface area contributed by atoms with Crippen LogP contribution >= 0.6 is 0 Å². The third-order valence-corrected chi connectivity index (χ3v) is 3.89. The first kappa shape index (κ1) is 22.1. The molecule has 0 radical (unpaired) electrons. The van der Waals surface area contributed by atoms with Crippen LogP contribution in [0.3, 0.4) is 0 Å². The first-order chi connectivity index (χ1) is 11.1. The van der Waals surface area contributed by atoms with Crippen molar-refractivity contribution in [3.63, 3.8) is 0 Å². The summed E-state index contributed by atoms with van der Waals surface area (Å²) >= 11 is 0. The number of carbonyl (C=O) groups is 4. The van der Waals surface area contributed by atoms with Crippen LogP contribution in [-0.4, -0.2) is 57.9 Å². The topological polar surface area (TPSA) is 213 Å². The number of carboxylic acids is 2. The zero-order valence-electron chi connectivity index (χ0n) is 13.5. The zero-order valence-corrected chi connectivity index (χ0v) is 13.5. The van der Waals surface area contributed by atoms with Gasteiger partial charge in [0.15, 0.2) is 22.6 Å². The molecule has 0 aromatic rings. The van der Waals surface area contributed by atoms with E-state index in [9.17, 15) is 19.2 Å². The Kier molecular flexibility index (Phi) is 8.69. The maximum atomic E-state index is 12.1. The highest BCUT2D eigenvalue weighted by Crippen LogP contribution is 2.19. The SMILES string of the molecule is NCCCC(N)(C(=O)O)C(=O)CCC(=O)C(N)(CCCN)C(=O)O. The minimum absolute atomic E-state index is 0.155. The summed E-state index contributed by atoms with van der Waals surface area (Å²) in [7, 11) is 0. The monoisotopic (exact) mass is 346 g/mol. The van der Waals surface area contributed by atoms with E-state index < -0.39 is 47.4 Å². The zero-order chi connectivity index (χ0) is 19.0. The first-order valence-corrected chi connectivity index (χ1v) is 7.57. The molecule has 0 aliphatic heterocycles. The van der Waals surface area contributed by atoms with Crippen molar-refractivity contribution in [2.24, 2.45) is 22.9 Å². The molecule has 2 unspecified atom stereocenters. The van der Waals surface area contributed by atoms with Crippen LogP contribution in [0, 0.1) is 0 Å². The molecule has 0 fully saturated rings. The van der Waals surface area contributed by atoms with E-state index in [1.807, 2.05) is 0 Å². The minimum atomic E-state index is -2.16. The van der Waals surface area contributed by atoms with E-state index in [1.54, 1.807) is 0 Å². The molecule has 0 heterocycles. The van der Waals surface area contributed by atoms with Gasteiger partial charge in [-0.1, -0.05) is 0 Å². The summed E-state index contributed by atoms with van der Waals surface area (Å²) in [6, 6.07) is 0. The van der Waals surface area contributed by atoms with Crippen molar-refractivity contribution < 1.29 is 29.4 Å². The number of hydrogen-bond donors (Lipinski definition) is 6. The number of carbonyl (C=O) groups excluding carboxylic acids is 2. The fourth-order valence-electron chi connectivity index (χ4n) is 2.17. The molecule has 0 aromatic carbocycles. The molecule has 0 saturated carbocycles. The Morgan fingerprint density at radius 2 is 1.00 bits per heavy atom. The van der Waals surface area contributed by atoms with Crippen LogP contribution in [0.4, 0.5) is 0 Å². The van der Waals surface area contributed by atoms with Gasteiger partial charge in [-0.25, -0.2) is 9.59 Å². The molecule has 10 heteroatoms. The van der Waals surface area contributed by atoms with Crippen LogP contribution in [0.5, 0.6) is 0 Å². The molecule has 10 nitrogen and oxygen atoms in total. The lowest BCUT2D eigenvalue weighted by molar-refractivity contribution is -0.152. The largest absolute Gasteiger partial charge is 0.480 e. The van der Waals surface area contributed by atoms with E-state index in [4.69, 9.17) is 33.1 Å². The molecule has 0 bridgehead atoms. The van der Waals surface area contributed by atoms with Crippen molar-refractivity contribution in [2.75, 3.05) is 13.1 Å². The normalized spacial score (nSPS) is 16.0. The molecule has 10 N–H and O–H groups in total. The molecule has 0 spiro atoms. The van der Waals surface area contributed by atoms with Gasteiger partial charge in [0.2, 0.25) is 0 Å². The third kappa shape index (κ3) is 5.34. The van der Waals surface area contributed by atoms with Gasteiger partial charge < -0.3 is 33.1 Å². The number of rotatable bonds is 13. The van der Waals surface area contributed by atoms with E-state index in [0.717, 1.165) is 0 Å². The Bertz CT molecular complexity index is 454. The smallest absolute Gasteiger partial charge is 0.331 e. The predicted molar refractivity (Wildman–Crippen MR) is 84.9 cm³/mol. The average Bonchev–Trinajstić information content (AvgIpc) is 2.54. The second kappa shape index (κ2) is 9.42. The van der Waals surface area contributed by atoms with Crippen LogP contribution in [0.2, 0.25) is 0 Å². The average molecular weight is 346 g/mol. The second-order valence-electron chi connectivity index (χ2n) is 5.68. The standard InChI is InChI=1S/C14H26N4O6/c15-7-1-5-13(17,11(21)22)9(19)3-4-10(20)14(18,12(23)24)6-2-8-16/h1-8,15-18H2,(H,21,22)(H,23,24). The predicted octanol–water partition coefficient (Wildman–Crippen LogP) is -2.05. The van der Waals surface area contributed by atoms with Gasteiger partial charge in [0.05, 0.1) is 0 Å². The van der Waals surface area contributed by atoms with Gasteiger partial charge in [0, 0.05) is 12.8 Å². The van der Waals surface area contributed by atoms with Gasteiger partial charge >= 0.3 is 11.9 Å². The molecule has 2 atom stereocenters. The number of aliphatic carboxylic acids is 2. The van der Waals surface area contributed by atoms with Crippen LogP contribution in [-0.2, 0) is 19.2 Å². The Hall–Kier alpha value is -1.88. The van der Waals surface area contributed by atoms with Crippen molar-refractivity contribution in [3.05, 3.63) is 0 Å². The van der Waals surface area contributed by atoms with E-state index in [2.05, 4.69) is 0 Å². The lowest BCUT2D eigenvalue weighted by Crippen LogP contribution is -2.57. The maximum Gasteiger partial charge on any atom is 0.331 e. The van der Waals surface area contributed by atoms with Gasteiger partial charge in [-0.2, -0.15) is 0 Å². The molecule has 24 heavy (non-hydrogen) atoms.